The molecular formula is C19H16F4N4O5S. The van der Waals surface area contributed by atoms with E-state index in [1.165, 1.54) is 13.1 Å². The average Bonchev–Trinajstić information content (AvgIpc) is 2.71. The number of carbonyl (C=O) groups is 2. The number of aliphatic hydroxyl groups is 1. The predicted molar refractivity (Wildman–Crippen MR) is 105 cm³/mol. The first-order chi connectivity index (χ1) is 15.1. The number of sulfone groups is 1. The van der Waals surface area contributed by atoms with Crippen LogP contribution in [0.3, 0.4) is 0 Å². The molecule has 0 saturated carbocycles. The van der Waals surface area contributed by atoms with E-state index in [1.807, 2.05) is 5.32 Å². The second kappa shape index (κ2) is 9.12. The minimum absolute atomic E-state index is 0.404. The smallest absolute Gasteiger partial charge is 0.379 e. The Morgan fingerprint density at radius 1 is 1.24 bits per heavy atom. The maximum absolute atomic E-state index is 14.1. The van der Waals surface area contributed by atoms with Crippen LogP contribution < -0.4 is 10.6 Å². The number of nitriles is 1. The Labute approximate surface area is 185 Å². The van der Waals surface area contributed by atoms with E-state index in [2.05, 4.69) is 10.3 Å². The monoisotopic (exact) mass is 488 g/mol. The maximum atomic E-state index is 14.1. The van der Waals surface area contributed by atoms with Gasteiger partial charge in [-0.3, -0.25) is 9.59 Å². The van der Waals surface area contributed by atoms with Crippen LogP contribution in [-0.4, -0.2) is 48.7 Å². The Hall–Kier alpha value is -3.57. The number of anilines is 1. The van der Waals surface area contributed by atoms with Crippen LogP contribution in [0.25, 0.3) is 0 Å². The SMILES string of the molecule is CNC(=O)c1ccc(S(=O)(=O)CC(C)(O)C(=O)Nc2cnc(C#N)c(C(F)(F)F)c2)cc1F. The number of rotatable bonds is 6. The van der Waals surface area contributed by atoms with Crippen LogP contribution in [0.15, 0.2) is 35.4 Å². The largest absolute Gasteiger partial charge is 0.419 e. The summed E-state index contributed by atoms with van der Waals surface area (Å²) in [6.07, 6.45) is -4.24. The van der Waals surface area contributed by atoms with Crippen molar-refractivity contribution in [2.45, 2.75) is 23.6 Å². The lowest BCUT2D eigenvalue weighted by Gasteiger charge is -2.22. The lowest BCUT2D eigenvalue weighted by atomic mass is 10.1. The van der Waals surface area contributed by atoms with Gasteiger partial charge >= 0.3 is 6.18 Å². The molecule has 1 unspecified atom stereocenters. The molecule has 1 aromatic carbocycles. The van der Waals surface area contributed by atoms with E-state index in [0.717, 1.165) is 25.3 Å². The molecule has 2 rings (SSSR count). The van der Waals surface area contributed by atoms with Gasteiger partial charge in [-0.05, 0) is 31.2 Å². The molecule has 0 radical (unpaired) electrons. The Bertz CT molecular complexity index is 1250. The number of carbonyl (C=O) groups excluding carboxylic acids is 2. The predicted octanol–water partition coefficient (Wildman–Crippen LogP) is 1.63. The van der Waals surface area contributed by atoms with Gasteiger partial charge in [0.05, 0.1) is 33.7 Å². The molecule has 0 spiro atoms. The number of nitrogens with zero attached hydrogens (tertiary/aromatic N) is 2. The molecule has 2 amide bonds. The normalized spacial score (nSPS) is 13.5. The van der Waals surface area contributed by atoms with Crippen molar-refractivity contribution in [2.24, 2.45) is 0 Å². The third-order valence-electron chi connectivity index (χ3n) is 4.29. The second-order valence-corrected chi connectivity index (χ2v) is 8.93. The Morgan fingerprint density at radius 2 is 1.88 bits per heavy atom. The number of halogens is 4. The molecule has 1 aromatic heterocycles. The van der Waals surface area contributed by atoms with Gasteiger partial charge in [0.2, 0.25) is 0 Å². The van der Waals surface area contributed by atoms with E-state index in [4.69, 9.17) is 5.26 Å². The first-order valence-electron chi connectivity index (χ1n) is 8.88. The maximum Gasteiger partial charge on any atom is 0.419 e. The lowest BCUT2D eigenvalue weighted by Crippen LogP contribution is -2.45. The summed E-state index contributed by atoms with van der Waals surface area (Å²) in [6, 6.07) is 3.99. The lowest BCUT2D eigenvalue weighted by molar-refractivity contribution is -0.138. The van der Waals surface area contributed by atoms with Crippen LogP contribution in [0.1, 0.15) is 28.5 Å². The summed E-state index contributed by atoms with van der Waals surface area (Å²) in [4.78, 5) is 26.6. The zero-order valence-corrected chi connectivity index (χ0v) is 17.8. The Balaban J connectivity index is 2.28. The van der Waals surface area contributed by atoms with Gasteiger partial charge in [-0.2, -0.15) is 18.4 Å². The second-order valence-electron chi connectivity index (χ2n) is 6.94. The number of hydrogen-bond acceptors (Lipinski definition) is 7. The van der Waals surface area contributed by atoms with E-state index in [9.17, 15) is 40.7 Å². The van der Waals surface area contributed by atoms with Crippen molar-refractivity contribution in [1.29, 1.82) is 5.26 Å². The summed E-state index contributed by atoms with van der Waals surface area (Å²) in [6.45, 7) is 0.789. The van der Waals surface area contributed by atoms with Crippen LogP contribution >= 0.6 is 0 Å². The molecule has 1 atom stereocenters. The molecule has 2 aromatic rings. The molecule has 1 heterocycles. The van der Waals surface area contributed by atoms with E-state index < -0.39 is 72.4 Å². The minimum Gasteiger partial charge on any atom is -0.379 e. The highest BCUT2D eigenvalue weighted by Crippen LogP contribution is 2.32. The van der Waals surface area contributed by atoms with Crippen LogP contribution in [0.5, 0.6) is 0 Å². The molecule has 176 valence electrons. The van der Waals surface area contributed by atoms with E-state index >= 15 is 0 Å². The average molecular weight is 488 g/mol. The molecule has 0 aliphatic rings. The fourth-order valence-corrected chi connectivity index (χ4v) is 4.23. The van der Waals surface area contributed by atoms with Crippen LogP contribution in [-0.2, 0) is 20.8 Å². The van der Waals surface area contributed by atoms with Crippen molar-refractivity contribution in [3.8, 4) is 6.07 Å². The first-order valence-corrected chi connectivity index (χ1v) is 10.5. The molecule has 0 saturated heterocycles. The van der Waals surface area contributed by atoms with Crippen LogP contribution in [0.2, 0.25) is 0 Å². The number of benzene rings is 1. The van der Waals surface area contributed by atoms with Crippen molar-refractivity contribution in [1.82, 2.24) is 10.3 Å². The Morgan fingerprint density at radius 3 is 2.39 bits per heavy atom. The number of pyridine rings is 1. The van der Waals surface area contributed by atoms with Crippen LogP contribution in [0.4, 0.5) is 23.2 Å². The molecular weight excluding hydrogens is 472 g/mol. The molecule has 14 heteroatoms. The van der Waals surface area contributed by atoms with Crippen molar-refractivity contribution in [2.75, 3.05) is 18.1 Å². The number of nitrogens with one attached hydrogen (secondary N) is 2. The number of alkyl halides is 3. The molecule has 0 fully saturated rings. The third kappa shape index (κ3) is 5.82. The Kier molecular flexibility index (Phi) is 7.10. The molecule has 33 heavy (non-hydrogen) atoms. The zero-order chi connectivity index (χ0) is 25.2. The molecule has 9 nitrogen and oxygen atoms in total. The van der Waals surface area contributed by atoms with Crippen molar-refractivity contribution < 1.29 is 40.7 Å². The summed E-state index contributed by atoms with van der Waals surface area (Å²) in [5.74, 6) is -4.63. The summed E-state index contributed by atoms with van der Waals surface area (Å²) >= 11 is 0. The van der Waals surface area contributed by atoms with Crippen molar-refractivity contribution in [3.63, 3.8) is 0 Å². The molecule has 3 N–H and O–H groups in total. The van der Waals surface area contributed by atoms with Gasteiger partial charge in [0.1, 0.15) is 11.9 Å². The quantitative estimate of drug-likeness (QED) is 0.523. The summed E-state index contributed by atoms with van der Waals surface area (Å²) in [7, 11) is -3.25. The molecule has 0 aliphatic heterocycles. The fourth-order valence-electron chi connectivity index (χ4n) is 2.63. The van der Waals surface area contributed by atoms with Crippen molar-refractivity contribution in [3.05, 3.63) is 53.1 Å². The first kappa shape index (κ1) is 25.7. The highest BCUT2D eigenvalue weighted by molar-refractivity contribution is 7.91. The zero-order valence-electron chi connectivity index (χ0n) is 17.0. The standard InChI is InChI=1S/C19H16F4N4O5S/c1-18(30,9-33(31,32)11-3-4-12(14(20)6-11)16(28)25-2)17(29)27-10-5-13(19(21,22)23)15(7-24)26-8-10/h3-6,8,30H,9H2,1-2H3,(H,25,28)(H,27,29). The van der Waals surface area contributed by atoms with E-state index in [1.54, 1.807) is 0 Å². The number of amides is 2. The summed E-state index contributed by atoms with van der Waals surface area (Å²) in [5.41, 5.74) is -6.04. The summed E-state index contributed by atoms with van der Waals surface area (Å²) in [5, 5.41) is 23.2. The van der Waals surface area contributed by atoms with Gasteiger partial charge in [-0.25, -0.2) is 17.8 Å². The van der Waals surface area contributed by atoms with Gasteiger partial charge in [-0.15, -0.1) is 0 Å². The van der Waals surface area contributed by atoms with E-state index in [0.29, 0.717) is 12.1 Å². The third-order valence-corrected chi connectivity index (χ3v) is 6.20. The summed E-state index contributed by atoms with van der Waals surface area (Å²) < 4.78 is 78.4. The van der Waals surface area contributed by atoms with Gasteiger partial charge in [0.15, 0.2) is 21.1 Å². The van der Waals surface area contributed by atoms with Gasteiger partial charge < -0.3 is 15.7 Å². The number of aromatic nitrogens is 1. The highest BCUT2D eigenvalue weighted by atomic mass is 32.2. The molecule has 0 bridgehead atoms. The number of hydrogen-bond donors (Lipinski definition) is 3. The van der Waals surface area contributed by atoms with Gasteiger partial charge in [-0.1, -0.05) is 0 Å². The van der Waals surface area contributed by atoms with E-state index in [-0.39, 0.29) is 0 Å². The molecule has 0 aliphatic carbocycles. The van der Waals surface area contributed by atoms with Crippen molar-refractivity contribution >= 4 is 27.3 Å². The van der Waals surface area contributed by atoms with Gasteiger partial charge in [0.25, 0.3) is 11.8 Å². The fraction of sp³-hybridized carbons (Fsp3) is 0.263. The highest BCUT2D eigenvalue weighted by Gasteiger charge is 2.38. The minimum atomic E-state index is -4.96. The van der Waals surface area contributed by atoms with Gasteiger partial charge in [0, 0.05) is 7.05 Å². The van der Waals surface area contributed by atoms with Crippen LogP contribution in [0, 0.1) is 17.1 Å². The topological polar surface area (TPSA) is 149 Å².